The van der Waals surface area contributed by atoms with E-state index in [0.717, 1.165) is 22.1 Å². The van der Waals surface area contributed by atoms with Gasteiger partial charge in [-0.15, -0.1) is 0 Å². The summed E-state index contributed by atoms with van der Waals surface area (Å²) in [5, 5.41) is 0. The molecule has 4 nitrogen and oxygen atoms in total. The van der Waals surface area contributed by atoms with E-state index in [1.807, 2.05) is 31.5 Å². The molecule has 88 valence electrons. The van der Waals surface area contributed by atoms with Gasteiger partial charge in [-0.1, -0.05) is 6.92 Å². The molecule has 0 saturated carbocycles. The van der Waals surface area contributed by atoms with E-state index in [0.29, 0.717) is 4.78 Å². The lowest BCUT2D eigenvalue weighted by Gasteiger charge is -2.18. The van der Waals surface area contributed by atoms with Crippen LogP contribution in [0.2, 0.25) is 0 Å². The van der Waals surface area contributed by atoms with Crippen LogP contribution in [0.4, 0.5) is 0 Å². The van der Waals surface area contributed by atoms with E-state index in [1.165, 1.54) is 0 Å². The van der Waals surface area contributed by atoms with Crippen molar-refractivity contribution < 1.29 is 9.53 Å². The number of nitrogens with zero attached hydrogens (tertiary/aromatic N) is 2. The zero-order valence-electron chi connectivity index (χ0n) is 10.7. The molecule has 1 atom stereocenters. The lowest BCUT2D eigenvalue weighted by molar-refractivity contribution is -0.157. The Kier molecular flexibility index (Phi) is 4.17. The molecule has 5 heteroatoms. The molecule has 0 radical (unpaired) electrons. The van der Waals surface area contributed by atoms with Crippen molar-refractivity contribution in [3.8, 4) is 0 Å². The van der Waals surface area contributed by atoms with Gasteiger partial charge in [0.25, 0.3) is 0 Å². The van der Waals surface area contributed by atoms with Crippen LogP contribution in [0, 0.1) is 5.41 Å². The second-order valence-corrected chi connectivity index (χ2v) is 6.95. The number of esters is 1. The minimum Gasteiger partial charge on any atom is -0.443 e. The van der Waals surface area contributed by atoms with E-state index < -0.39 is 5.41 Å². The summed E-state index contributed by atoms with van der Waals surface area (Å²) < 4.78 is 7.59. The van der Waals surface area contributed by atoms with Crippen LogP contribution in [-0.4, -0.2) is 31.8 Å². The molecule has 0 bridgehead atoms. The summed E-state index contributed by atoms with van der Waals surface area (Å²) in [6, 6.07) is 0. The first kappa shape index (κ1) is 13.3. The molecule has 0 aliphatic heterocycles. The second-order valence-electron chi connectivity index (χ2n) is 5.22. The maximum Gasteiger partial charge on any atom is 0.312 e. The van der Waals surface area contributed by atoms with Gasteiger partial charge in [-0.2, -0.15) is 0 Å². The van der Waals surface area contributed by atoms with E-state index in [9.17, 15) is 4.79 Å². The van der Waals surface area contributed by atoms with Gasteiger partial charge in [-0.05, 0) is 25.6 Å². The number of carbonyl (C=O) groups is 1. The molecule has 16 heavy (non-hydrogen) atoms. The van der Waals surface area contributed by atoms with Crippen LogP contribution in [0.5, 0.6) is 0 Å². The van der Waals surface area contributed by atoms with Crippen LogP contribution >= 0.6 is 0 Å². The average molecular weight is 238 g/mol. The van der Waals surface area contributed by atoms with Crippen LogP contribution in [0.25, 0.3) is 0 Å². The molecule has 1 heterocycles. The Balaban J connectivity index is 2.62. The van der Waals surface area contributed by atoms with Gasteiger partial charge in [0.05, 0.1) is 11.2 Å². The third-order valence-corrected chi connectivity index (χ3v) is 2.73. The van der Waals surface area contributed by atoms with Gasteiger partial charge in [-0.3, -0.25) is 4.79 Å². The Morgan fingerprint density at radius 1 is 1.62 bits per heavy atom. The fraction of sp³-hybridized carbons (Fsp3) is 0.636. The highest BCUT2D eigenvalue weighted by molar-refractivity contribution is 6.11. The average Bonchev–Trinajstić information content (AvgIpc) is 2.60. The molecule has 1 unspecified atom stereocenters. The van der Waals surface area contributed by atoms with E-state index in [2.05, 4.69) is 11.9 Å². The molecule has 0 aliphatic carbocycles. The number of hydrogen-bond acceptors (Lipinski definition) is 3. The fourth-order valence-corrected chi connectivity index (χ4v) is 1.76. The van der Waals surface area contributed by atoms with Crippen molar-refractivity contribution in [1.29, 1.82) is 0 Å². The Morgan fingerprint density at radius 3 is 2.75 bits per heavy atom. The van der Waals surface area contributed by atoms with Gasteiger partial charge in [0.1, 0.15) is 0 Å². The number of hydrogen-bond donors (Lipinski definition) is 0. The van der Waals surface area contributed by atoms with E-state index in [4.69, 9.17) is 4.74 Å². The zero-order chi connectivity index (χ0) is 12.3. The monoisotopic (exact) mass is 238 g/mol. The third kappa shape index (κ3) is 3.36. The summed E-state index contributed by atoms with van der Waals surface area (Å²) in [6.45, 7) is 7.92. The van der Waals surface area contributed by atoms with Crippen LogP contribution in [-0.2, 0) is 16.3 Å². The first-order valence-electron chi connectivity index (χ1n) is 5.50. The highest BCUT2D eigenvalue weighted by Crippen LogP contribution is 2.16. The standard InChI is InChI=1S/C11H17N2O2.Al.2H/c1-5-9-12-6-7-13(9)8-15-10(14)11(2,3)4;;;/h5-7H,8H2,1-4H3;;;. The van der Waals surface area contributed by atoms with E-state index in [1.54, 1.807) is 6.20 Å². The maximum absolute atomic E-state index is 11.6. The largest absolute Gasteiger partial charge is 0.443 e. The van der Waals surface area contributed by atoms with Crippen molar-refractivity contribution in [2.24, 2.45) is 5.41 Å². The molecular formula is C11H19AlN2O2. The molecule has 1 aromatic heterocycles. The molecule has 0 amide bonds. The second kappa shape index (κ2) is 5.03. The van der Waals surface area contributed by atoms with Crippen LogP contribution in [0.3, 0.4) is 0 Å². The number of aromatic nitrogens is 2. The topological polar surface area (TPSA) is 44.1 Å². The van der Waals surface area contributed by atoms with Crippen LogP contribution < -0.4 is 0 Å². The lowest BCUT2D eigenvalue weighted by atomic mass is 9.98. The van der Waals surface area contributed by atoms with Gasteiger partial charge < -0.3 is 9.30 Å². The van der Waals surface area contributed by atoms with Gasteiger partial charge in [0.15, 0.2) is 6.73 Å². The van der Waals surface area contributed by atoms with Crippen molar-refractivity contribution in [3.63, 3.8) is 0 Å². The predicted molar refractivity (Wildman–Crippen MR) is 64.7 cm³/mol. The summed E-state index contributed by atoms with van der Waals surface area (Å²) in [7, 11) is 0. The third-order valence-electron chi connectivity index (χ3n) is 2.21. The van der Waals surface area contributed by atoms with Crippen molar-refractivity contribution in [2.45, 2.75) is 39.2 Å². The highest BCUT2D eigenvalue weighted by Gasteiger charge is 2.23. The summed E-state index contributed by atoms with van der Waals surface area (Å²) in [4.78, 5) is 15.9. The Labute approximate surface area is 104 Å². The summed E-state index contributed by atoms with van der Waals surface area (Å²) >= 11 is 1.04. The Hall–Kier alpha value is -0.788. The van der Waals surface area contributed by atoms with E-state index >= 15 is 0 Å². The fourth-order valence-electron chi connectivity index (χ4n) is 1.28. The normalized spacial score (nSPS) is 13.5. The molecule has 1 aromatic rings. The quantitative estimate of drug-likeness (QED) is 0.585. The minimum atomic E-state index is -0.451. The minimum absolute atomic E-state index is 0.187. The molecule has 0 saturated heterocycles. The molecule has 0 fully saturated rings. The zero-order valence-corrected chi connectivity index (χ0v) is 12.7. The van der Waals surface area contributed by atoms with Crippen molar-refractivity contribution in [1.82, 2.24) is 9.55 Å². The Morgan fingerprint density at radius 2 is 2.25 bits per heavy atom. The SMILES string of the molecule is C[CH]([AlH2])c1nccn1COC(=O)C(C)(C)C. The van der Waals surface area contributed by atoms with Gasteiger partial charge in [0.2, 0.25) is 16.3 Å². The number of imidazole rings is 1. The maximum atomic E-state index is 11.6. The first-order chi connectivity index (χ1) is 7.32. The van der Waals surface area contributed by atoms with Crippen molar-refractivity contribution >= 4 is 22.3 Å². The summed E-state index contributed by atoms with van der Waals surface area (Å²) in [6.07, 6.45) is 3.59. The van der Waals surface area contributed by atoms with Gasteiger partial charge in [-0.25, -0.2) is 4.98 Å². The van der Waals surface area contributed by atoms with Crippen molar-refractivity contribution in [3.05, 3.63) is 18.2 Å². The predicted octanol–water partition coefficient (Wildman–Crippen LogP) is 1.12. The highest BCUT2D eigenvalue weighted by atomic mass is 27.0. The number of ether oxygens (including phenoxy) is 1. The number of carbonyl (C=O) groups excluding carboxylic acids is 1. The molecule has 0 aliphatic rings. The molecule has 1 rings (SSSR count). The molecular weight excluding hydrogens is 219 g/mol. The molecule has 0 spiro atoms. The summed E-state index contributed by atoms with van der Waals surface area (Å²) in [5.41, 5.74) is -0.451. The van der Waals surface area contributed by atoms with Gasteiger partial charge in [0, 0.05) is 12.4 Å². The molecule has 0 aromatic carbocycles. The lowest BCUT2D eigenvalue weighted by Crippen LogP contribution is -2.24. The van der Waals surface area contributed by atoms with Gasteiger partial charge >= 0.3 is 5.97 Å². The number of rotatable bonds is 3. The Bertz CT molecular complexity index is 366. The smallest absolute Gasteiger partial charge is 0.312 e. The van der Waals surface area contributed by atoms with Crippen LogP contribution in [0.15, 0.2) is 12.4 Å². The molecule has 0 N–H and O–H groups in total. The summed E-state index contributed by atoms with van der Waals surface area (Å²) in [5.74, 6) is 0.807. The van der Waals surface area contributed by atoms with E-state index in [-0.39, 0.29) is 12.7 Å². The van der Waals surface area contributed by atoms with Crippen LogP contribution in [0.1, 0.15) is 38.3 Å². The first-order valence-corrected chi connectivity index (χ1v) is 6.66. The van der Waals surface area contributed by atoms with Crippen molar-refractivity contribution in [2.75, 3.05) is 0 Å².